The molecule has 1 aromatic carbocycles. The lowest BCUT2D eigenvalue weighted by Crippen LogP contribution is -2.39. The summed E-state index contributed by atoms with van der Waals surface area (Å²) in [6.45, 7) is 0. The van der Waals surface area contributed by atoms with Gasteiger partial charge in [-0.05, 0) is 37.5 Å². The van der Waals surface area contributed by atoms with Crippen molar-refractivity contribution < 1.29 is 4.79 Å². The van der Waals surface area contributed by atoms with Crippen LogP contribution in [0.4, 0.5) is 0 Å². The van der Waals surface area contributed by atoms with Crippen LogP contribution in [0.25, 0.3) is 0 Å². The predicted molar refractivity (Wildman–Crippen MR) is 66.9 cm³/mol. The second-order valence-corrected chi connectivity index (χ2v) is 5.59. The largest absolute Gasteiger partial charge is 0.349 e. The van der Waals surface area contributed by atoms with Crippen LogP contribution in [-0.4, -0.2) is 11.9 Å². The summed E-state index contributed by atoms with van der Waals surface area (Å²) >= 11 is 6.74. The number of rotatable bonds is 2. The van der Waals surface area contributed by atoms with Gasteiger partial charge in [-0.1, -0.05) is 31.9 Å². The molecule has 0 aliphatic heterocycles. The molecule has 1 aliphatic carbocycles. The first-order valence-electron chi connectivity index (χ1n) is 4.92. The van der Waals surface area contributed by atoms with Gasteiger partial charge in [-0.3, -0.25) is 4.79 Å². The fourth-order valence-corrected chi connectivity index (χ4v) is 2.80. The lowest BCUT2D eigenvalue weighted by Gasteiger charge is -2.26. The van der Waals surface area contributed by atoms with Crippen molar-refractivity contribution in [3.8, 4) is 0 Å². The van der Waals surface area contributed by atoms with Crippen LogP contribution in [0.15, 0.2) is 27.1 Å². The zero-order valence-corrected chi connectivity index (χ0v) is 11.3. The van der Waals surface area contributed by atoms with Gasteiger partial charge in [0.2, 0.25) is 0 Å². The van der Waals surface area contributed by atoms with Crippen LogP contribution < -0.4 is 5.32 Å². The summed E-state index contributed by atoms with van der Waals surface area (Å²) in [6.07, 6.45) is 3.45. The topological polar surface area (TPSA) is 29.1 Å². The van der Waals surface area contributed by atoms with Gasteiger partial charge in [0, 0.05) is 20.6 Å². The van der Waals surface area contributed by atoms with Gasteiger partial charge in [-0.15, -0.1) is 0 Å². The van der Waals surface area contributed by atoms with Gasteiger partial charge in [0.25, 0.3) is 5.91 Å². The van der Waals surface area contributed by atoms with Gasteiger partial charge in [0.15, 0.2) is 0 Å². The third kappa shape index (κ3) is 2.82. The van der Waals surface area contributed by atoms with Crippen LogP contribution in [0, 0.1) is 0 Å². The van der Waals surface area contributed by atoms with Crippen LogP contribution in [0.1, 0.15) is 29.6 Å². The third-order valence-electron chi connectivity index (χ3n) is 2.57. The molecule has 0 atom stereocenters. The second-order valence-electron chi connectivity index (χ2n) is 3.76. The van der Waals surface area contributed by atoms with Crippen LogP contribution in [-0.2, 0) is 0 Å². The van der Waals surface area contributed by atoms with E-state index in [1.165, 1.54) is 6.42 Å². The van der Waals surface area contributed by atoms with E-state index in [9.17, 15) is 4.79 Å². The van der Waals surface area contributed by atoms with E-state index in [0.29, 0.717) is 11.6 Å². The number of nitrogens with one attached hydrogen (secondary N) is 1. The van der Waals surface area contributed by atoms with E-state index < -0.39 is 0 Å². The predicted octanol–water partition coefficient (Wildman–Crippen LogP) is 3.49. The standard InChI is InChI=1S/C11H11Br2NO/c12-8-4-7(5-9(13)6-8)11(15)14-10-2-1-3-10/h4-6,10H,1-3H2,(H,14,15). The van der Waals surface area contributed by atoms with E-state index >= 15 is 0 Å². The monoisotopic (exact) mass is 331 g/mol. The first kappa shape index (κ1) is 11.1. The maximum atomic E-state index is 11.8. The summed E-state index contributed by atoms with van der Waals surface area (Å²) in [5.74, 6) is 0.0155. The van der Waals surface area contributed by atoms with Crippen molar-refractivity contribution in [2.45, 2.75) is 25.3 Å². The molecule has 1 aliphatic rings. The molecule has 0 saturated heterocycles. The van der Waals surface area contributed by atoms with Crippen molar-refractivity contribution in [2.75, 3.05) is 0 Å². The number of carbonyl (C=O) groups is 1. The normalized spacial score (nSPS) is 15.9. The molecule has 0 radical (unpaired) electrons. The maximum Gasteiger partial charge on any atom is 0.251 e. The van der Waals surface area contributed by atoms with E-state index in [-0.39, 0.29) is 5.91 Å². The first-order valence-corrected chi connectivity index (χ1v) is 6.51. The fourth-order valence-electron chi connectivity index (χ4n) is 1.51. The van der Waals surface area contributed by atoms with E-state index in [0.717, 1.165) is 21.8 Å². The summed E-state index contributed by atoms with van der Waals surface area (Å²) in [6, 6.07) is 5.97. The van der Waals surface area contributed by atoms with Crippen molar-refractivity contribution in [3.63, 3.8) is 0 Å². The Kier molecular flexibility index (Phi) is 3.46. The summed E-state index contributed by atoms with van der Waals surface area (Å²) in [4.78, 5) is 11.8. The maximum absolute atomic E-state index is 11.8. The Bertz CT molecular complexity index is 368. The highest BCUT2D eigenvalue weighted by molar-refractivity contribution is 9.11. The Balaban J connectivity index is 2.10. The molecule has 15 heavy (non-hydrogen) atoms. The highest BCUT2D eigenvalue weighted by Crippen LogP contribution is 2.22. The molecule has 1 amide bonds. The number of hydrogen-bond donors (Lipinski definition) is 1. The number of hydrogen-bond acceptors (Lipinski definition) is 1. The highest BCUT2D eigenvalue weighted by atomic mass is 79.9. The second kappa shape index (κ2) is 4.66. The number of amides is 1. The van der Waals surface area contributed by atoms with E-state index in [1.807, 2.05) is 18.2 Å². The third-order valence-corrected chi connectivity index (χ3v) is 3.48. The molecule has 0 aromatic heterocycles. The van der Waals surface area contributed by atoms with Crippen molar-refractivity contribution in [3.05, 3.63) is 32.7 Å². The molecule has 1 fully saturated rings. The molecule has 1 N–H and O–H groups in total. The van der Waals surface area contributed by atoms with E-state index in [2.05, 4.69) is 37.2 Å². The summed E-state index contributed by atoms with van der Waals surface area (Å²) in [5.41, 5.74) is 0.697. The number of halogens is 2. The van der Waals surface area contributed by atoms with Gasteiger partial charge in [0.05, 0.1) is 0 Å². The van der Waals surface area contributed by atoms with Gasteiger partial charge < -0.3 is 5.32 Å². The zero-order chi connectivity index (χ0) is 10.8. The van der Waals surface area contributed by atoms with Crippen LogP contribution in [0.2, 0.25) is 0 Å². The summed E-state index contributed by atoms with van der Waals surface area (Å²) in [5, 5.41) is 3.01. The van der Waals surface area contributed by atoms with Gasteiger partial charge >= 0.3 is 0 Å². The molecule has 1 saturated carbocycles. The molecule has 80 valence electrons. The fraction of sp³-hybridized carbons (Fsp3) is 0.364. The van der Waals surface area contributed by atoms with E-state index in [4.69, 9.17) is 0 Å². The molecular weight excluding hydrogens is 322 g/mol. The average Bonchev–Trinajstić information content (AvgIpc) is 2.09. The Morgan fingerprint density at radius 2 is 1.80 bits per heavy atom. The lowest BCUT2D eigenvalue weighted by atomic mass is 9.93. The Morgan fingerprint density at radius 1 is 1.20 bits per heavy atom. The molecule has 0 bridgehead atoms. The summed E-state index contributed by atoms with van der Waals surface area (Å²) < 4.78 is 1.83. The highest BCUT2D eigenvalue weighted by Gasteiger charge is 2.20. The molecule has 0 heterocycles. The smallest absolute Gasteiger partial charge is 0.251 e. The van der Waals surface area contributed by atoms with Gasteiger partial charge in [0.1, 0.15) is 0 Å². The van der Waals surface area contributed by atoms with Crippen LogP contribution in [0.3, 0.4) is 0 Å². The zero-order valence-electron chi connectivity index (χ0n) is 8.09. The van der Waals surface area contributed by atoms with E-state index in [1.54, 1.807) is 0 Å². The van der Waals surface area contributed by atoms with Gasteiger partial charge in [-0.25, -0.2) is 0 Å². The molecule has 1 aromatic rings. The van der Waals surface area contributed by atoms with Gasteiger partial charge in [-0.2, -0.15) is 0 Å². The van der Waals surface area contributed by atoms with Crippen LogP contribution in [0.5, 0.6) is 0 Å². The minimum atomic E-state index is 0.0155. The molecule has 0 spiro atoms. The Morgan fingerprint density at radius 3 is 2.27 bits per heavy atom. The van der Waals surface area contributed by atoms with Crippen LogP contribution >= 0.6 is 31.9 Å². The number of benzene rings is 1. The Hall–Kier alpha value is -0.350. The quantitative estimate of drug-likeness (QED) is 0.882. The minimum absolute atomic E-state index is 0.0155. The average molecular weight is 333 g/mol. The first-order chi connectivity index (χ1) is 7.15. The molecule has 4 heteroatoms. The molecule has 2 rings (SSSR count). The molecule has 2 nitrogen and oxygen atoms in total. The SMILES string of the molecule is O=C(NC1CCC1)c1cc(Br)cc(Br)c1. The van der Waals surface area contributed by atoms with Crippen molar-refractivity contribution in [1.29, 1.82) is 0 Å². The minimum Gasteiger partial charge on any atom is -0.349 e. The lowest BCUT2D eigenvalue weighted by molar-refractivity contribution is 0.0917. The van der Waals surface area contributed by atoms with Crippen molar-refractivity contribution >= 4 is 37.8 Å². The summed E-state index contributed by atoms with van der Waals surface area (Å²) in [7, 11) is 0. The van der Waals surface area contributed by atoms with Crippen molar-refractivity contribution in [1.82, 2.24) is 5.32 Å². The molecular formula is C11H11Br2NO. The number of carbonyl (C=O) groups excluding carboxylic acids is 1. The molecule has 0 unspecified atom stereocenters. The van der Waals surface area contributed by atoms with Crippen molar-refractivity contribution in [2.24, 2.45) is 0 Å². The Labute approximate surface area is 106 Å².